The van der Waals surface area contributed by atoms with Crippen LogP contribution in [-0.4, -0.2) is 10.8 Å². The van der Waals surface area contributed by atoms with E-state index in [4.69, 9.17) is 17.3 Å². The van der Waals surface area contributed by atoms with Gasteiger partial charge in [-0.3, -0.25) is 4.79 Å². The van der Waals surface area contributed by atoms with E-state index < -0.39 is 0 Å². The van der Waals surface area contributed by atoms with Gasteiger partial charge < -0.3 is 5.73 Å². The van der Waals surface area contributed by atoms with Gasteiger partial charge in [0.1, 0.15) is 5.69 Å². The molecule has 76 valence electrons. The zero-order chi connectivity index (χ0) is 10.8. The number of benzene rings is 1. The number of thiazole rings is 1. The van der Waals surface area contributed by atoms with Gasteiger partial charge in [0.05, 0.1) is 0 Å². The highest BCUT2D eigenvalue weighted by molar-refractivity contribution is 7.13. The number of carbonyl (C=O) groups is 1. The number of carbonyl (C=O) groups excluding carboxylic acids is 1. The van der Waals surface area contributed by atoms with Gasteiger partial charge in [0.15, 0.2) is 5.13 Å². The van der Waals surface area contributed by atoms with Gasteiger partial charge in [-0.25, -0.2) is 4.98 Å². The van der Waals surface area contributed by atoms with Crippen molar-refractivity contribution in [2.75, 3.05) is 5.73 Å². The fourth-order valence-electron chi connectivity index (χ4n) is 1.14. The highest BCUT2D eigenvalue weighted by atomic mass is 35.5. The molecule has 3 nitrogen and oxygen atoms in total. The molecule has 0 amide bonds. The lowest BCUT2D eigenvalue weighted by Gasteiger charge is -1.96. The van der Waals surface area contributed by atoms with Gasteiger partial charge in [0.25, 0.3) is 0 Å². The number of rotatable bonds is 2. The van der Waals surface area contributed by atoms with E-state index in [9.17, 15) is 4.79 Å². The Kier molecular flexibility index (Phi) is 2.70. The molecule has 2 aromatic rings. The van der Waals surface area contributed by atoms with Crippen molar-refractivity contribution in [2.24, 2.45) is 0 Å². The Labute approximate surface area is 95.5 Å². The van der Waals surface area contributed by atoms with Crippen LogP contribution in [0.25, 0.3) is 0 Å². The first kappa shape index (κ1) is 10.1. The van der Waals surface area contributed by atoms with Gasteiger partial charge >= 0.3 is 0 Å². The quantitative estimate of drug-likeness (QED) is 0.819. The number of hydrogen-bond donors (Lipinski definition) is 1. The maximum atomic E-state index is 11.8. The molecule has 0 fully saturated rings. The van der Waals surface area contributed by atoms with Crippen molar-refractivity contribution in [1.82, 2.24) is 4.98 Å². The van der Waals surface area contributed by atoms with Crippen LogP contribution < -0.4 is 5.73 Å². The Morgan fingerprint density at radius 1 is 1.33 bits per heavy atom. The molecular formula is C10H7ClN2OS. The molecule has 0 aliphatic carbocycles. The molecule has 1 aromatic carbocycles. The van der Waals surface area contributed by atoms with Crippen LogP contribution in [0.4, 0.5) is 5.13 Å². The largest absolute Gasteiger partial charge is 0.375 e. The molecule has 0 atom stereocenters. The van der Waals surface area contributed by atoms with Crippen molar-refractivity contribution in [2.45, 2.75) is 0 Å². The average Bonchev–Trinajstić information content (AvgIpc) is 2.65. The van der Waals surface area contributed by atoms with E-state index in [0.717, 1.165) is 0 Å². The molecule has 0 aliphatic heterocycles. The average molecular weight is 239 g/mol. The predicted molar refractivity (Wildman–Crippen MR) is 61.4 cm³/mol. The zero-order valence-corrected chi connectivity index (χ0v) is 9.18. The van der Waals surface area contributed by atoms with Crippen LogP contribution in [-0.2, 0) is 0 Å². The number of aromatic nitrogens is 1. The molecule has 15 heavy (non-hydrogen) atoms. The highest BCUT2D eigenvalue weighted by Crippen LogP contribution is 2.16. The molecule has 0 bridgehead atoms. The lowest BCUT2D eigenvalue weighted by molar-refractivity contribution is 0.103. The van der Waals surface area contributed by atoms with E-state index in [2.05, 4.69) is 4.98 Å². The number of ketones is 1. The van der Waals surface area contributed by atoms with Crippen LogP contribution in [0.2, 0.25) is 5.02 Å². The Bertz CT molecular complexity index is 492. The van der Waals surface area contributed by atoms with Gasteiger partial charge in [0, 0.05) is 16.0 Å². The summed E-state index contributed by atoms with van der Waals surface area (Å²) in [5, 5.41) is 2.64. The number of hydrogen-bond acceptors (Lipinski definition) is 4. The third kappa shape index (κ3) is 2.16. The highest BCUT2D eigenvalue weighted by Gasteiger charge is 2.11. The van der Waals surface area contributed by atoms with Crippen molar-refractivity contribution in [1.29, 1.82) is 0 Å². The van der Waals surface area contributed by atoms with E-state index in [1.165, 1.54) is 11.3 Å². The first-order chi connectivity index (χ1) is 7.16. The van der Waals surface area contributed by atoms with Crippen LogP contribution in [0.1, 0.15) is 16.1 Å². The van der Waals surface area contributed by atoms with E-state index >= 15 is 0 Å². The monoisotopic (exact) mass is 238 g/mol. The van der Waals surface area contributed by atoms with Crippen LogP contribution in [0, 0.1) is 0 Å². The molecule has 1 aromatic heterocycles. The number of nitrogens with two attached hydrogens (primary N) is 1. The summed E-state index contributed by atoms with van der Waals surface area (Å²) in [6.07, 6.45) is 0. The summed E-state index contributed by atoms with van der Waals surface area (Å²) >= 11 is 6.97. The van der Waals surface area contributed by atoms with E-state index in [1.807, 2.05) is 0 Å². The number of nitrogen functional groups attached to an aromatic ring is 1. The lowest BCUT2D eigenvalue weighted by atomic mass is 10.1. The number of halogens is 1. The SMILES string of the molecule is Nc1nc(C(=O)c2ccc(Cl)cc2)cs1. The minimum Gasteiger partial charge on any atom is -0.375 e. The summed E-state index contributed by atoms with van der Waals surface area (Å²) in [5.41, 5.74) is 6.39. The second-order valence-corrected chi connectivity index (χ2v) is 4.23. The number of anilines is 1. The van der Waals surface area contributed by atoms with Crippen LogP contribution >= 0.6 is 22.9 Å². The molecule has 0 radical (unpaired) electrons. The van der Waals surface area contributed by atoms with Gasteiger partial charge in [-0.05, 0) is 24.3 Å². The Balaban J connectivity index is 2.32. The second-order valence-electron chi connectivity index (χ2n) is 2.91. The van der Waals surface area contributed by atoms with Crippen molar-refractivity contribution in [3.8, 4) is 0 Å². The van der Waals surface area contributed by atoms with Gasteiger partial charge in [-0.15, -0.1) is 11.3 Å². The van der Waals surface area contributed by atoms with Crippen LogP contribution in [0.15, 0.2) is 29.6 Å². The molecule has 5 heteroatoms. The minimum absolute atomic E-state index is 0.139. The second kappa shape index (κ2) is 4.00. The molecule has 0 saturated heterocycles. The summed E-state index contributed by atoms with van der Waals surface area (Å²) in [6.45, 7) is 0. The van der Waals surface area contributed by atoms with Crippen LogP contribution in [0.3, 0.4) is 0 Å². The molecule has 1 heterocycles. The third-order valence-corrected chi connectivity index (χ3v) is 2.79. The molecule has 0 unspecified atom stereocenters. The van der Waals surface area contributed by atoms with E-state index in [0.29, 0.717) is 21.4 Å². The molecule has 2 N–H and O–H groups in total. The molecule has 0 spiro atoms. The zero-order valence-electron chi connectivity index (χ0n) is 7.61. The van der Waals surface area contributed by atoms with E-state index in [1.54, 1.807) is 29.6 Å². The van der Waals surface area contributed by atoms with Crippen LogP contribution in [0.5, 0.6) is 0 Å². The minimum atomic E-state index is -0.139. The topological polar surface area (TPSA) is 56.0 Å². The third-order valence-electron chi connectivity index (χ3n) is 1.86. The standard InChI is InChI=1S/C10H7ClN2OS/c11-7-3-1-6(2-4-7)9(14)8-5-15-10(12)13-8/h1-5H,(H2,12,13). The summed E-state index contributed by atoms with van der Waals surface area (Å²) in [5.74, 6) is -0.139. The fraction of sp³-hybridized carbons (Fsp3) is 0. The predicted octanol–water partition coefficient (Wildman–Crippen LogP) is 2.61. The maximum absolute atomic E-state index is 11.8. The smallest absolute Gasteiger partial charge is 0.212 e. The Hall–Kier alpha value is -1.39. The lowest BCUT2D eigenvalue weighted by Crippen LogP contribution is -2.01. The molecule has 0 saturated carbocycles. The summed E-state index contributed by atoms with van der Waals surface area (Å²) in [6, 6.07) is 6.68. The van der Waals surface area contributed by atoms with Crippen molar-refractivity contribution >= 4 is 33.9 Å². The first-order valence-corrected chi connectivity index (χ1v) is 5.44. The Morgan fingerprint density at radius 3 is 2.53 bits per heavy atom. The van der Waals surface area contributed by atoms with Crippen molar-refractivity contribution in [3.63, 3.8) is 0 Å². The Morgan fingerprint density at radius 2 is 2.00 bits per heavy atom. The van der Waals surface area contributed by atoms with Gasteiger partial charge in [0.2, 0.25) is 5.78 Å². The van der Waals surface area contributed by atoms with Crippen molar-refractivity contribution < 1.29 is 4.79 Å². The van der Waals surface area contributed by atoms with E-state index in [-0.39, 0.29) is 5.78 Å². The first-order valence-electron chi connectivity index (χ1n) is 4.18. The summed E-state index contributed by atoms with van der Waals surface area (Å²) in [4.78, 5) is 15.7. The van der Waals surface area contributed by atoms with Gasteiger partial charge in [-0.2, -0.15) is 0 Å². The normalized spacial score (nSPS) is 10.2. The molecule has 2 rings (SSSR count). The van der Waals surface area contributed by atoms with Crippen molar-refractivity contribution in [3.05, 3.63) is 45.9 Å². The summed E-state index contributed by atoms with van der Waals surface area (Å²) in [7, 11) is 0. The maximum Gasteiger partial charge on any atom is 0.212 e. The van der Waals surface area contributed by atoms with Gasteiger partial charge in [-0.1, -0.05) is 11.6 Å². The number of nitrogens with zero attached hydrogens (tertiary/aromatic N) is 1. The molecular weight excluding hydrogens is 232 g/mol. The molecule has 0 aliphatic rings. The summed E-state index contributed by atoms with van der Waals surface area (Å²) < 4.78 is 0. The fourth-order valence-corrected chi connectivity index (χ4v) is 1.81.